The summed E-state index contributed by atoms with van der Waals surface area (Å²) >= 11 is 0. The van der Waals surface area contributed by atoms with Gasteiger partial charge >= 0.3 is 0 Å². The summed E-state index contributed by atoms with van der Waals surface area (Å²) in [6.45, 7) is 6.34. The standard InChI is InChI=1S/C19H26N4O2/c1-15-21-17(25-22-15)11-8-12-20-18(24)19(2,23-13-6-7-14-23)16-9-4-3-5-10-16/h3-5,9-10H,6-8,11-14H2,1-2H3,(H,20,24)/t19-/m1/s1. The minimum Gasteiger partial charge on any atom is -0.354 e. The van der Waals surface area contributed by atoms with Gasteiger partial charge in [-0.2, -0.15) is 4.98 Å². The molecule has 3 rings (SSSR count). The van der Waals surface area contributed by atoms with E-state index in [1.54, 1.807) is 6.92 Å². The number of likely N-dealkylation sites (tertiary alicyclic amines) is 1. The lowest BCUT2D eigenvalue weighted by Crippen LogP contribution is -2.53. The molecule has 1 aromatic heterocycles. The lowest BCUT2D eigenvalue weighted by Gasteiger charge is -2.37. The van der Waals surface area contributed by atoms with Gasteiger partial charge in [0.25, 0.3) is 0 Å². The van der Waals surface area contributed by atoms with Crippen molar-refractivity contribution < 1.29 is 9.32 Å². The smallest absolute Gasteiger partial charge is 0.244 e. The molecule has 1 atom stereocenters. The molecule has 0 saturated carbocycles. The summed E-state index contributed by atoms with van der Waals surface area (Å²) in [6, 6.07) is 10.1. The van der Waals surface area contributed by atoms with E-state index in [1.165, 1.54) is 0 Å². The van der Waals surface area contributed by atoms with E-state index in [0.29, 0.717) is 24.7 Å². The largest absolute Gasteiger partial charge is 0.354 e. The van der Waals surface area contributed by atoms with Gasteiger partial charge in [-0.05, 0) is 51.8 Å². The fourth-order valence-corrected chi connectivity index (χ4v) is 3.44. The highest BCUT2D eigenvalue weighted by Gasteiger charge is 2.41. The van der Waals surface area contributed by atoms with Crippen LogP contribution in [0.5, 0.6) is 0 Å². The molecule has 0 spiro atoms. The second-order valence-corrected chi connectivity index (χ2v) is 6.73. The first-order chi connectivity index (χ1) is 12.1. The van der Waals surface area contributed by atoms with E-state index in [0.717, 1.165) is 37.9 Å². The Labute approximate surface area is 148 Å². The Hall–Kier alpha value is -2.21. The second-order valence-electron chi connectivity index (χ2n) is 6.73. The third-order valence-corrected chi connectivity index (χ3v) is 4.94. The number of aromatic nitrogens is 2. The van der Waals surface area contributed by atoms with Crippen molar-refractivity contribution in [2.45, 2.75) is 45.1 Å². The molecule has 1 fully saturated rings. The van der Waals surface area contributed by atoms with Gasteiger partial charge in [0.15, 0.2) is 5.82 Å². The number of benzene rings is 1. The van der Waals surface area contributed by atoms with Gasteiger partial charge in [-0.15, -0.1) is 0 Å². The SMILES string of the molecule is Cc1noc(CCCNC(=O)[C@@](C)(c2ccccc2)N2CCCC2)n1. The Bertz CT molecular complexity index is 694. The van der Waals surface area contributed by atoms with Crippen LogP contribution in [0.3, 0.4) is 0 Å². The number of amides is 1. The van der Waals surface area contributed by atoms with Crippen molar-refractivity contribution in [1.29, 1.82) is 0 Å². The summed E-state index contributed by atoms with van der Waals surface area (Å²) in [7, 11) is 0. The van der Waals surface area contributed by atoms with Crippen LogP contribution in [0.4, 0.5) is 0 Å². The van der Waals surface area contributed by atoms with Crippen LogP contribution in [0, 0.1) is 6.92 Å². The average Bonchev–Trinajstić information content (AvgIpc) is 3.30. The first-order valence-corrected chi connectivity index (χ1v) is 8.99. The van der Waals surface area contributed by atoms with Crippen molar-refractivity contribution in [3.05, 3.63) is 47.6 Å². The van der Waals surface area contributed by atoms with Gasteiger partial charge in [-0.25, -0.2) is 0 Å². The molecule has 0 bridgehead atoms. The van der Waals surface area contributed by atoms with E-state index >= 15 is 0 Å². The Morgan fingerprint density at radius 2 is 2.00 bits per heavy atom. The molecule has 1 amide bonds. The number of nitrogens with zero attached hydrogens (tertiary/aromatic N) is 3. The van der Waals surface area contributed by atoms with Gasteiger partial charge in [-0.3, -0.25) is 9.69 Å². The molecule has 6 heteroatoms. The first kappa shape index (κ1) is 17.6. The number of nitrogens with one attached hydrogen (secondary N) is 1. The zero-order chi connectivity index (χ0) is 17.7. The van der Waals surface area contributed by atoms with Gasteiger partial charge in [-0.1, -0.05) is 35.5 Å². The van der Waals surface area contributed by atoms with Crippen molar-refractivity contribution in [2.75, 3.05) is 19.6 Å². The van der Waals surface area contributed by atoms with Crippen molar-refractivity contribution in [3.63, 3.8) is 0 Å². The highest BCUT2D eigenvalue weighted by Crippen LogP contribution is 2.31. The molecular formula is C19H26N4O2. The second kappa shape index (κ2) is 7.78. The maximum atomic E-state index is 13.1. The average molecular weight is 342 g/mol. The molecule has 0 radical (unpaired) electrons. The topological polar surface area (TPSA) is 71.3 Å². The van der Waals surface area contributed by atoms with Gasteiger partial charge in [0.05, 0.1) is 0 Å². The van der Waals surface area contributed by atoms with Crippen LogP contribution in [0.15, 0.2) is 34.9 Å². The molecule has 2 aromatic rings. The summed E-state index contributed by atoms with van der Waals surface area (Å²) < 4.78 is 5.11. The summed E-state index contributed by atoms with van der Waals surface area (Å²) in [6.07, 6.45) is 3.74. The predicted octanol–water partition coefficient (Wildman–Crippen LogP) is 2.44. The fraction of sp³-hybridized carbons (Fsp3) is 0.526. The number of rotatable bonds is 7. The molecule has 1 saturated heterocycles. The monoisotopic (exact) mass is 342 g/mol. The van der Waals surface area contributed by atoms with E-state index in [-0.39, 0.29) is 5.91 Å². The molecule has 0 unspecified atom stereocenters. The summed E-state index contributed by atoms with van der Waals surface area (Å²) in [5.74, 6) is 1.32. The zero-order valence-corrected chi connectivity index (χ0v) is 15.0. The maximum absolute atomic E-state index is 13.1. The van der Waals surface area contributed by atoms with Gasteiger partial charge < -0.3 is 9.84 Å². The van der Waals surface area contributed by atoms with Crippen molar-refractivity contribution in [3.8, 4) is 0 Å². The van der Waals surface area contributed by atoms with Gasteiger partial charge in [0.2, 0.25) is 11.8 Å². The van der Waals surface area contributed by atoms with Crippen molar-refractivity contribution >= 4 is 5.91 Å². The number of aryl methyl sites for hydroxylation is 2. The number of hydrogen-bond donors (Lipinski definition) is 1. The molecule has 1 aromatic carbocycles. The first-order valence-electron chi connectivity index (χ1n) is 8.99. The molecule has 2 heterocycles. The predicted molar refractivity (Wildman–Crippen MR) is 95.0 cm³/mol. The van der Waals surface area contributed by atoms with Crippen LogP contribution in [-0.2, 0) is 16.8 Å². The number of carbonyl (C=O) groups is 1. The minimum absolute atomic E-state index is 0.0577. The fourth-order valence-electron chi connectivity index (χ4n) is 3.44. The van der Waals surface area contributed by atoms with E-state index in [9.17, 15) is 4.79 Å². The Morgan fingerprint density at radius 1 is 1.28 bits per heavy atom. The van der Waals surface area contributed by atoms with Crippen LogP contribution in [0.2, 0.25) is 0 Å². The zero-order valence-electron chi connectivity index (χ0n) is 15.0. The molecule has 1 N–H and O–H groups in total. The summed E-state index contributed by atoms with van der Waals surface area (Å²) in [5, 5.41) is 6.89. The Morgan fingerprint density at radius 3 is 2.64 bits per heavy atom. The summed E-state index contributed by atoms with van der Waals surface area (Å²) in [4.78, 5) is 19.5. The lowest BCUT2D eigenvalue weighted by atomic mass is 9.89. The van der Waals surface area contributed by atoms with E-state index < -0.39 is 5.54 Å². The van der Waals surface area contributed by atoms with Crippen LogP contribution in [-0.4, -0.2) is 40.6 Å². The summed E-state index contributed by atoms with van der Waals surface area (Å²) in [5.41, 5.74) is 0.417. The molecule has 0 aliphatic carbocycles. The van der Waals surface area contributed by atoms with Crippen LogP contribution < -0.4 is 5.32 Å². The Kier molecular flexibility index (Phi) is 5.48. The molecular weight excluding hydrogens is 316 g/mol. The van der Waals surface area contributed by atoms with Crippen molar-refractivity contribution in [2.24, 2.45) is 0 Å². The Balaban J connectivity index is 1.63. The maximum Gasteiger partial charge on any atom is 0.244 e. The third kappa shape index (κ3) is 3.90. The third-order valence-electron chi connectivity index (χ3n) is 4.94. The van der Waals surface area contributed by atoms with E-state index in [1.807, 2.05) is 37.3 Å². The van der Waals surface area contributed by atoms with E-state index in [2.05, 4.69) is 20.4 Å². The molecule has 25 heavy (non-hydrogen) atoms. The van der Waals surface area contributed by atoms with Gasteiger partial charge in [0, 0.05) is 13.0 Å². The number of carbonyl (C=O) groups excluding carboxylic acids is 1. The van der Waals surface area contributed by atoms with E-state index in [4.69, 9.17) is 4.52 Å². The van der Waals surface area contributed by atoms with Gasteiger partial charge in [0.1, 0.15) is 5.54 Å². The highest BCUT2D eigenvalue weighted by molar-refractivity contribution is 5.87. The molecule has 1 aliphatic heterocycles. The highest BCUT2D eigenvalue weighted by atomic mass is 16.5. The van der Waals surface area contributed by atoms with Crippen LogP contribution >= 0.6 is 0 Å². The normalized spacial score (nSPS) is 17.4. The van der Waals surface area contributed by atoms with Crippen LogP contribution in [0.25, 0.3) is 0 Å². The molecule has 134 valence electrons. The van der Waals surface area contributed by atoms with Crippen molar-refractivity contribution in [1.82, 2.24) is 20.4 Å². The van der Waals surface area contributed by atoms with Crippen LogP contribution in [0.1, 0.15) is 43.5 Å². The number of hydrogen-bond acceptors (Lipinski definition) is 5. The molecule has 1 aliphatic rings. The quantitative estimate of drug-likeness (QED) is 0.783. The molecule has 6 nitrogen and oxygen atoms in total. The minimum atomic E-state index is -0.626. The lowest BCUT2D eigenvalue weighted by molar-refractivity contribution is -0.132.